The molecule has 0 bridgehead atoms. The predicted octanol–water partition coefficient (Wildman–Crippen LogP) is 7.80. The van der Waals surface area contributed by atoms with Gasteiger partial charge in [-0.2, -0.15) is 0 Å². The van der Waals surface area contributed by atoms with Gasteiger partial charge in [0.1, 0.15) is 5.82 Å². The van der Waals surface area contributed by atoms with Crippen molar-refractivity contribution < 1.29 is 9.59 Å². The van der Waals surface area contributed by atoms with Gasteiger partial charge in [-0.3, -0.25) is 9.59 Å². The van der Waals surface area contributed by atoms with Gasteiger partial charge >= 0.3 is 0 Å². The highest BCUT2D eigenvalue weighted by Crippen LogP contribution is 2.45. The van der Waals surface area contributed by atoms with Gasteiger partial charge in [-0.1, -0.05) is 61.4 Å². The molecule has 2 heterocycles. The number of nitrogens with one attached hydrogen (secondary N) is 1. The number of carbonyl (C=O) groups is 2. The van der Waals surface area contributed by atoms with E-state index in [4.69, 9.17) is 4.98 Å². The fourth-order valence-corrected chi connectivity index (χ4v) is 7.36. The van der Waals surface area contributed by atoms with E-state index < -0.39 is 5.54 Å². The standard InChI is InChI=1S/C37H38N4O2/c1-24(42)14-15-25-16-19-30-32(22-25)41(3)36(38-30)37(20-9-21-37)39-35(43)28-17-18-29-31(23-28)40(2)34(27-12-5-4-6-13-27)33(29)26-10-7-8-11-26/h4-6,12-19,22-23,26H,7-11,20-21H2,1-3H3,(H,39,43)/b15-14+. The van der Waals surface area contributed by atoms with Crippen molar-refractivity contribution in [3.05, 3.63) is 95.3 Å². The second-order valence-corrected chi connectivity index (χ2v) is 12.5. The molecule has 2 saturated carbocycles. The Kier molecular flexibility index (Phi) is 6.80. The highest BCUT2D eigenvalue weighted by Gasteiger charge is 2.44. The van der Waals surface area contributed by atoms with Gasteiger partial charge in [-0.15, -0.1) is 0 Å². The van der Waals surface area contributed by atoms with Crippen molar-refractivity contribution in [2.45, 2.75) is 63.3 Å². The van der Waals surface area contributed by atoms with Gasteiger partial charge in [-0.05, 0) is 92.0 Å². The van der Waals surface area contributed by atoms with E-state index in [2.05, 4.69) is 70.0 Å². The summed E-state index contributed by atoms with van der Waals surface area (Å²) < 4.78 is 4.39. The van der Waals surface area contributed by atoms with Crippen molar-refractivity contribution in [1.29, 1.82) is 0 Å². The van der Waals surface area contributed by atoms with Crippen LogP contribution in [0.25, 0.3) is 39.3 Å². The Morgan fingerprint density at radius 3 is 2.37 bits per heavy atom. The molecule has 218 valence electrons. The smallest absolute Gasteiger partial charge is 0.252 e. The maximum absolute atomic E-state index is 13.9. The van der Waals surface area contributed by atoms with Crippen LogP contribution in [0.1, 0.15) is 85.1 Å². The van der Waals surface area contributed by atoms with Gasteiger partial charge in [0.2, 0.25) is 0 Å². The summed E-state index contributed by atoms with van der Waals surface area (Å²) in [5.74, 6) is 1.38. The molecular weight excluding hydrogens is 532 g/mol. The number of amides is 1. The number of hydrogen-bond acceptors (Lipinski definition) is 3. The summed E-state index contributed by atoms with van der Waals surface area (Å²) >= 11 is 0. The minimum absolute atomic E-state index is 0.0153. The van der Waals surface area contributed by atoms with Crippen molar-refractivity contribution in [3.8, 4) is 11.3 Å². The number of nitrogens with zero attached hydrogens (tertiary/aromatic N) is 3. The lowest BCUT2D eigenvalue weighted by Crippen LogP contribution is -2.52. The van der Waals surface area contributed by atoms with Gasteiger partial charge < -0.3 is 14.5 Å². The largest absolute Gasteiger partial charge is 0.343 e. The Labute approximate surface area is 252 Å². The topological polar surface area (TPSA) is 68.9 Å². The minimum atomic E-state index is -0.506. The Bertz CT molecular complexity index is 1900. The lowest BCUT2D eigenvalue weighted by atomic mass is 9.75. The molecule has 43 heavy (non-hydrogen) atoms. The molecule has 0 unspecified atom stereocenters. The number of benzene rings is 3. The quantitative estimate of drug-likeness (QED) is 0.203. The van der Waals surface area contributed by atoms with Gasteiger partial charge in [-0.25, -0.2) is 4.98 Å². The first-order valence-corrected chi connectivity index (χ1v) is 15.5. The van der Waals surface area contributed by atoms with Gasteiger partial charge in [0.15, 0.2) is 5.78 Å². The second kappa shape index (κ2) is 10.7. The van der Waals surface area contributed by atoms with Gasteiger partial charge in [0.05, 0.1) is 22.3 Å². The molecule has 0 atom stereocenters. The molecule has 3 aromatic carbocycles. The van der Waals surface area contributed by atoms with Crippen LogP contribution in [0.15, 0.2) is 72.8 Å². The van der Waals surface area contributed by atoms with Crippen molar-refractivity contribution >= 4 is 39.7 Å². The fourth-order valence-electron chi connectivity index (χ4n) is 7.36. The summed E-state index contributed by atoms with van der Waals surface area (Å²) in [5.41, 5.74) is 8.02. The summed E-state index contributed by atoms with van der Waals surface area (Å²) in [6.45, 7) is 1.55. The number of fused-ring (bicyclic) bond motifs is 2. The number of allylic oxidation sites excluding steroid dienone is 1. The van der Waals surface area contributed by atoms with E-state index in [0.717, 1.165) is 47.2 Å². The van der Waals surface area contributed by atoms with Crippen LogP contribution in [0.2, 0.25) is 0 Å². The molecule has 0 saturated heterocycles. The Morgan fingerprint density at radius 1 is 0.907 bits per heavy atom. The van der Waals surface area contributed by atoms with Crippen molar-refractivity contribution in [2.24, 2.45) is 14.1 Å². The Morgan fingerprint density at radius 2 is 1.67 bits per heavy atom. The maximum Gasteiger partial charge on any atom is 0.252 e. The molecule has 2 aliphatic carbocycles. The molecule has 2 aromatic heterocycles. The van der Waals surface area contributed by atoms with E-state index in [1.165, 1.54) is 47.9 Å². The van der Waals surface area contributed by atoms with Gasteiger partial charge in [0, 0.05) is 30.6 Å². The zero-order valence-corrected chi connectivity index (χ0v) is 25.2. The zero-order chi connectivity index (χ0) is 29.7. The van der Waals surface area contributed by atoms with Crippen molar-refractivity contribution in [3.63, 3.8) is 0 Å². The average molecular weight is 571 g/mol. The number of hydrogen-bond donors (Lipinski definition) is 1. The number of aromatic nitrogens is 3. The third kappa shape index (κ3) is 4.69. The summed E-state index contributed by atoms with van der Waals surface area (Å²) in [6.07, 6.45) is 11.1. The molecule has 2 fully saturated rings. The van der Waals surface area contributed by atoms with Crippen LogP contribution in [-0.2, 0) is 24.4 Å². The summed E-state index contributed by atoms with van der Waals surface area (Å²) in [5, 5.41) is 4.68. The average Bonchev–Trinajstić information content (AvgIpc) is 3.71. The van der Waals surface area contributed by atoms with E-state index in [0.29, 0.717) is 11.5 Å². The predicted molar refractivity (Wildman–Crippen MR) is 173 cm³/mol. The first-order chi connectivity index (χ1) is 20.8. The van der Waals surface area contributed by atoms with E-state index in [-0.39, 0.29) is 11.7 Å². The number of aryl methyl sites for hydroxylation is 2. The first-order valence-electron chi connectivity index (χ1n) is 15.5. The van der Waals surface area contributed by atoms with Crippen LogP contribution >= 0.6 is 0 Å². The Balaban J connectivity index is 1.24. The monoisotopic (exact) mass is 570 g/mol. The first kappa shape index (κ1) is 27.4. The molecule has 6 heteroatoms. The molecule has 0 aliphatic heterocycles. The van der Waals surface area contributed by atoms with Crippen LogP contribution in [0.3, 0.4) is 0 Å². The lowest BCUT2D eigenvalue weighted by Gasteiger charge is -2.41. The second-order valence-electron chi connectivity index (χ2n) is 12.5. The number of carbonyl (C=O) groups excluding carboxylic acids is 2. The molecule has 0 radical (unpaired) electrons. The Hall–Kier alpha value is -4.45. The van der Waals surface area contributed by atoms with E-state index in [1.54, 1.807) is 13.0 Å². The van der Waals surface area contributed by atoms with Crippen molar-refractivity contribution in [1.82, 2.24) is 19.4 Å². The highest BCUT2D eigenvalue weighted by molar-refractivity contribution is 6.01. The summed E-state index contributed by atoms with van der Waals surface area (Å²) in [6, 6.07) is 22.9. The third-order valence-corrected chi connectivity index (χ3v) is 9.72. The number of rotatable bonds is 7. The van der Waals surface area contributed by atoms with Crippen LogP contribution in [0, 0.1) is 0 Å². The normalized spacial score (nSPS) is 16.7. The number of ketones is 1. The zero-order valence-electron chi connectivity index (χ0n) is 25.2. The van der Waals surface area contributed by atoms with Crippen molar-refractivity contribution in [2.75, 3.05) is 0 Å². The lowest BCUT2D eigenvalue weighted by molar-refractivity contribution is -0.112. The highest BCUT2D eigenvalue weighted by atomic mass is 16.2. The van der Waals surface area contributed by atoms with Crippen LogP contribution in [0.4, 0.5) is 0 Å². The molecule has 1 N–H and O–H groups in total. The van der Waals surface area contributed by atoms with E-state index in [1.807, 2.05) is 31.3 Å². The maximum atomic E-state index is 13.9. The van der Waals surface area contributed by atoms with E-state index in [9.17, 15) is 9.59 Å². The molecule has 7 rings (SSSR count). The fraction of sp³-hybridized carbons (Fsp3) is 0.324. The third-order valence-electron chi connectivity index (χ3n) is 9.72. The summed E-state index contributed by atoms with van der Waals surface area (Å²) in [4.78, 5) is 30.4. The molecule has 0 spiro atoms. The summed E-state index contributed by atoms with van der Waals surface area (Å²) in [7, 11) is 4.15. The molecule has 5 aromatic rings. The van der Waals surface area contributed by atoms with Crippen LogP contribution < -0.4 is 5.32 Å². The SMILES string of the molecule is CC(=O)/C=C/c1ccc2nc(C3(NC(=O)c4ccc5c(C6CCCC6)c(-c6ccccc6)n(C)c5c4)CCC3)n(C)c2c1. The van der Waals surface area contributed by atoms with E-state index >= 15 is 0 Å². The molecule has 6 nitrogen and oxygen atoms in total. The van der Waals surface area contributed by atoms with Crippen LogP contribution in [-0.4, -0.2) is 25.8 Å². The van der Waals surface area contributed by atoms with Crippen LogP contribution in [0.5, 0.6) is 0 Å². The number of imidazole rings is 1. The minimum Gasteiger partial charge on any atom is -0.343 e. The van der Waals surface area contributed by atoms with Gasteiger partial charge in [0.25, 0.3) is 5.91 Å². The molecule has 2 aliphatic rings. The molecular formula is C37H38N4O2. The molecule has 1 amide bonds.